The molecule has 3 nitrogen and oxygen atoms in total. The summed E-state index contributed by atoms with van der Waals surface area (Å²) in [5.74, 6) is 1.31. The molecule has 0 bridgehead atoms. The fourth-order valence-electron chi connectivity index (χ4n) is 3.99. The third kappa shape index (κ3) is 2.79. The molecule has 2 aromatic carbocycles. The van der Waals surface area contributed by atoms with E-state index in [0.29, 0.717) is 12.1 Å². The average molecular weight is 322 g/mol. The van der Waals surface area contributed by atoms with Crippen LogP contribution in [0.4, 0.5) is 0 Å². The van der Waals surface area contributed by atoms with Crippen molar-refractivity contribution in [2.24, 2.45) is 0 Å². The standard InChI is InChI=1S/C21H28N3/c1-5-24(6-2)21-22(3)19(17-13-9-7-10-14-17)20(23(21)4)18-15-11-8-12-16-18/h7-16,19-20H,5-6H2,1-4H3/q+1/t19-,20-/m0/s1. The first-order chi connectivity index (χ1) is 11.7. The van der Waals surface area contributed by atoms with Crippen LogP contribution in [0.5, 0.6) is 0 Å². The fourth-order valence-corrected chi connectivity index (χ4v) is 3.99. The number of nitrogens with zero attached hydrogens (tertiary/aromatic N) is 3. The Labute approximate surface area is 145 Å². The van der Waals surface area contributed by atoms with Crippen LogP contribution in [0.1, 0.15) is 37.1 Å². The van der Waals surface area contributed by atoms with Gasteiger partial charge in [0.2, 0.25) is 0 Å². The van der Waals surface area contributed by atoms with Crippen molar-refractivity contribution in [3.05, 3.63) is 71.8 Å². The summed E-state index contributed by atoms with van der Waals surface area (Å²) in [5, 5.41) is 0. The van der Waals surface area contributed by atoms with Gasteiger partial charge in [0.15, 0.2) is 0 Å². The van der Waals surface area contributed by atoms with Gasteiger partial charge in [-0.2, -0.15) is 0 Å². The van der Waals surface area contributed by atoms with Gasteiger partial charge in [0.1, 0.15) is 12.1 Å². The molecule has 2 atom stereocenters. The highest BCUT2D eigenvalue weighted by atomic mass is 15.5. The Morgan fingerprint density at radius 1 is 0.708 bits per heavy atom. The maximum atomic E-state index is 2.44. The Morgan fingerprint density at radius 3 is 1.42 bits per heavy atom. The molecular formula is C21H28N3+. The highest BCUT2D eigenvalue weighted by Crippen LogP contribution is 2.43. The highest BCUT2D eigenvalue weighted by molar-refractivity contribution is 5.79. The fraction of sp³-hybridized carbons (Fsp3) is 0.381. The molecular weight excluding hydrogens is 294 g/mol. The van der Waals surface area contributed by atoms with Gasteiger partial charge in [0.05, 0.1) is 27.2 Å². The second-order valence-corrected chi connectivity index (χ2v) is 6.41. The van der Waals surface area contributed by atoms with E-state index in [-0.39, 0.29) is 0 Å². The van der Waals surface area contributed by atoms with Crippen LogP contribution in [0, 0.1) is 0 Å². The Bertz CT molecular complexity index is 634. The summed E-state index contributed by atoms with van der Waals surface area (Å²) in [5.41, 5.74) is 2.73. The molecule has 0 spiro atoms. The normalized spacial score (nSPS) is 20.6. The number of benzene rings is 2. The van der Waals surface area contributed by atoms with Crippen LogP contribution in [-0.2, 0) is 0 Å². The third-order valence-electron chi connectivity index (χ3n) is 5.09. The van der Waals surface area contributed by atoms with E-state index in [1.54, 1.807) is 0 Å². The van der Waals surface area contributed by atoms with E-state index in [9.17, 15) is 0 Å². The van der Waals surface area contributed by atoms with Gasteiger partial charge in [-0.25, -0.2) is 0 Å². The Morgan fingerprint density at radius 2 is 1.08 bits per heavy atom. The van der Waals surface area contributed by atoms with Gasteiger partial charge < -0.3 is 0 Å². The summed E-state index contributed by atoms with van der Waals surface area (Å²) in [6, 6.07) is 22.4. The van der Waals surface area contributed by atoms with Crippen molar-refractivity contribution in [2.75, 3.05) is 27.2 Å². The summed E-state index contributed by atoms with van der Waals surface area (Å²) in [4.78, 5) is 4.89. The van der Waals surface area contributed by atoms with Gasteiger partial charge in [-0.15, -0.1) is 0 Å². The van der Waals surface area contributed by atoms with E-state index in [4.69, 9.17) is 0 Å². The number of likely N-dealkylation sites (N-methyl/N-ethyl adjacent to an activating group) is 2. The summed E-state index contributed by atoms with van der Waals surface area (Å²) in [6.45, 7) is 6.49. The molecule has 1 aliphatic rings. The van der Waals surface area contributed by atoms with Gasteiger partial charge in [0.25, 0.3) is 0 Å². The zero-order valence-electron chi connectivity index (χ0n) is 15.2. The molecule has 0 N–H and O–H groups in total. The summed E-state index contributed by atoms with van der Waals surface area (Å²) in [7, 11) is 4.45. The molecule has 1 aliphatic heterocycles. The lowest BCUT2D eigenvalue weighted by Crippen LogP contribution is -2.39. The molecule has 0 unspecified atom stereocenters. The number of rotatable bonds is 4. The van der Waals surface area contributed by atoms with Crippen LogP contribution in [0.15, 0.2) is 60.7 Å². The van der Waals surface area contributed by atoms with Crippen molar-refractivity contribution < 1.29 is 4.58 Å². The van der Waals surface area contributed by atoms with E-state index < -0.39 is 0 Å². The monoisotopic (exact) mass is 322 g/mol. The van der Waals surface area contributed by atoms with Crippen molar-refractivity contribution in [2.45, 2.75) is 25.9 Å². The number of hydrogen-bond donors (Lipinski definition) is 0. The molecule has 0 amide bonds. The van der Waals surface area contributed by atoms with Gasteiger partial charge in [-0.3, -0.25) is 14.4 Å². The minimum atomic E-state index is 0.314. The summed E-state index contributed by atoms with van der Waals surface area (Å²) >= 11 is 0. The Hall–Kier alpha value is -2.29. The molecule has 0 radical (unpaired) electrons. The topological polar surface area (TPSA) is 9.49 Å². The molecule has 24 heavy (non-hydrogen) atoms. The van der Waals surface area contributed by atoms with Crippen LogP contribution in [0.2, 0.25) is 0 Å². The van der Waals surface area contributed by atoms with Crippen LogP contribution in [0.3, 0.4) is 0 Å². The van der Waals surface area contributed by atoms with Gasteiger partial charge in [0, 0.05) is 0 Å². The summed E-state index contributed by atoms with van der Waals surface area (Å²) < 4.78 is 2.44. The second-order valence-electron chi connectivity index (χ2n) is 6.41. The first-order valence-corrected chi connectivity index (χ1v) is 8.86. The van der Waals surface area contributed by atoms with Crippen LogP contribution >= 0.6 is 0 Å². The lowest BCUT2D eigenvalue weighted by molar-refractivity contribution is -0.529. The Kier molecular flexibility index (Phi) is 4.89. The van der Waals surface area contributed by atoms with Crippen LogP contribution < -0.4 is 0 Å². The summed E-state index contributed by atoms with van der Waals surface area (Å²) in [6.07, 6.45) is 0. The first-order valence-electron chi connectivity index (χ1n) is 8.86. The largest absolute Gasteiger partial charge is 0.351 e. The van der Waals surface area contributed by atoms with Crippen molar-refractivity contribution in [3.8, 4) is 0 Å². The van der Waals surface area contributed by atoms with Crippen molar-refractivity contribution >= 4 is 5.96 Å². The van der Waals surface area contributed by atoms with Gasteiger partial charge in [-0.1, -0.05) is 60.7 Å². The zero-order valence-corrected chi connectivity index (χ0v) is 15.2. The molecule has 1 fully saturated rings. The molecule has 1 saturated heterocycles. The minimum absolute atomic E-state index is 0.314. The van der Waals surface area contributed by atoms with E-state index in [0.717, 1.165) is 13.1 Å². The molecule has 2 aromatic rings. The number of guanidine groups is 1. The number of hydrogen-bond acceptors (Lipinski definition) is 0. The first kappa shape index (κ1) is 16.6. The van der Waals surface area contributed by atoms with E-state index >= 15 is 0 Å². The van der Waals surface area contributed by atoms with Crippen molar-refractivity contribution in [1.29, 1.82) is 0 Å². The van der Waals surface area contributed by atoms with E-state index in [2.05, 4.69) is 103 Å². The van der Waals surface area contributed by atoms with Crippen LogP contribution in [0.25, 0.3) is 0 Å². The molecule has 126 valence electrons. The SMILES string of the molecule is CC[N+](CC)=C1N(C)[C@@H](c2ccccc2)[C@H](c2ccccc2)N1C. The predicted octanol–water partition coefficient (Wildman–Crippen LogP) is 3.75. The molecule has 3 rings (SSSR count). The van der Waals surface area contributed by atoms with Crippen molar-refractivity contribution in [3.63, 3.8) is 0 Å². The van der Waals surface area contributed by atoms with Crippen molar-refractivity contribution in [1.82, 2.24) is 9.80 Å². The smallest absolute Gasteiger partial charge is 0.265 e. The van der Waals surface area contributed by atoms with E-state index in [1.165, 1.54) is 17.1 Å². The zero-order chi connectivity index (χ0) is 17.1. The Balaban J connectivity index is 2.14. The third-order valence-corrected chi connectivity index (χ3v) is 5.09. The molecule has 0 saturated carbocycles. The maximum absolute atomic E-state index is 2.44. The predicted molar refractivity (Wildman–Crippen MR) is 100 cm³/mol. The van der Waals surface area contributed by atoms with Crippen LogP contribution in [-0.4, -0.2) is 47.5 Å². The average Bonchev–Trinajstić information content (AvgIpc) is 2.89. The minimum Gasteiger partial charge on any atom is -0.265 e. The van der Waals surface area contributed by atoms with Gasteiger partial charge in [-0.05, 0) is 25.0 Å². The highest BCUT2D eigenvalue weighted by Gasteiger charge is 2.49. The maximum Gasteiger partial charge on any atom is 0.351 e. The quantitative estimate of drug-likeness (QED) is 0.793. The lowest BCUT2D eigenvalue weighted by Gasteiger charge is -2.21. The molecule has 3 heteroatoms. The lowest BCUT2D eigenvalue weighted by atomic mass is 9.93. The molecule has 0 aliphatic carbocycles. The molecule has 1 heterocycles. The van der Waals surface area contributed by atoms with E-state index in [1.807, 2.05) is 0 Å². The second kappa shape index (κ2) is 7.08. The molecule has 0 aromatic heterocycles. The van der Waals surface area contributed by atoms with Gasteiger partial charge >= 0.3 is 5.96 Å².